The van der Waals surface area contributed by atoms with Crippen LogP contribution < -0.4 is 10.2 Å². The zero-order valence-corrected chi connectivity index (χ0v) is 12.2. The van der Waals surface area contributed by atoms with Gasteiger partial charge in [0.2, 0.25) is 0 Å². The second kappa shape index (κ2) is 5.33. The van der Waals surface area contributed by atoms with Crippen molar-refractivity contribution in [3.05, 3.63) is 24.3 Å². The van der Waals surface area contributed by atoms with E-state index in [4.69, 9.17) is 9.31 Å². The summed E-state index contributed by atoms with van der Waals surface area (Å²) in [5, 5.41) is 0. The van der Waals surface area contributed by atoms with Crippen LogP contribution in [0.5, 0.6) is 5.75 Å². The largest absolute Gasteiger partial charge is 0.494 e. The van der Waals surface area contributed by atoms with Gasteiger partial charge in [0.25, 0.3) is 0 Å². The van der Waals surface area contributed by atoms with Crippen molar-refractivity contribution >= 4 is 12.6 Å². The van der Waals surface area contributed by atoms with Gasteiger partial charge in [0.05, 0.1) is 11.2 Å². The van der Waals surface area contributed by atoms with Gasteiger partial charge in [0.15, 0.2) is 0 Å². The lowest BCUT2D eigenvalue weighted by atomic mass is 9.79. The average Bonchev–Trinajstić information content (AvgIpc) is 2.61. The molecule has 1 heterocycles. The lowest BCUT2D eigenvalue weighted by Gasteiger charge is -2.35. The number of ether oxygens (including phenoxy) is 1. The van der Waals surface area contributed by atoms with E-state index in [1.54, 1.807) is 12.1 Å². The van der Waals surface area contributed by atoms with Crippen molar-refractivity contribution in [3.8, 4) is 5.75 Å². The van der Waals surface area contributed by atoms with E-state index in [-0.39, 0.29) is 11.4 Å². The van der Waals surface area contributed by atoms with Gasteiger partial charge in [-0.15, -0.1) is 0 Å². The highest BCUT2D eigenvalue weighted by Gasteiger charge is 2.53. The van der Waals surface area contributed by atoms with Gasteiger partial charge in [-0.25, -0.2) is 0 Å². The number of alkyl halides is 2. The van der Waals surface area contributed by atoms with Crippen LogP contribution in [0.25, 0.3) is 0 Å². The zero-order valence-electron chi connectivity index (χ0n) is 12.2. The van der Waals surface area contributed by atoms with Crippen LogP contribution in [-0.2, 0) is 9.31 Å². The molecule has 0 bridgehead atoms. The summed E-state index contributed by atoms with van der Waals surface area (Å²) in [5.41, 5.74) is -0.00253. The lowest BCUT2D eigenvalue weighted by Crippen LogP contribution is -2.44. The monoisotopic (exact) mass is 284 g/mol. The number of rotatable bonds is 4. The van der Waals surface area contributed by atoms with Gasteiger partial charge in [0, 0.05) is 0 Å². The summed E-state index contributed by atoms with van der Waals surface area (Å²) in [5.74, 6) is 0.124. The van der Waals surface area contributed by atoms with Crippen molar-refractivity contribution in [2.45, 2.75) is 51.9 Å². The van der Waals surface area contributed by atoms with Gasteiger partial charge < -0.3 is 14.0 Å². The van der Waals surface area contributed by atoms with E-state index in [0.717, 1.165) is 11.9 Å². The maximum atomic E-state index is 12.1. The molecule has 0 radical (unpaired) electrons. The maximum Gasteiger partial charge on any atom is 0.494 e. The van der Waals surface area contributed by atoms with Gasteiger partial charge in [-0.2, -0.15) is 8.78 Å². The first-order valence-electron chi connectivity index (χ1n) is 6.68. The minimum absolute atomic E-state index is 0.124. The summed E-state index contributed by atoms with van der Waals surface area (Å²) in [7, 11) is -0.490. The molecule has 0 N–H and O–H groups in total. The molecule has 1 saturated heterocycles. The van der Waals surface area contributed by atoms with Crippen molar-refractivity contribution in [2.75, 3.05) is 0 Å². The second-order valence-electron chi connectivity index (χ2n) is 5.61. The van der Waals surface area contributed by atoms with Crippen molar-refractivity contribution in [1.29, 1.82) is 0 Å². The highest BCUT2D eigenvalue weighted by molar-refractivity contribution is 6.62. The van der Waals surface area contributed by atoms with E-state index in [9.17, 15) is 8.78 Å². The van der Waals surface area contributed by atoms with Crippen LogP contribution in [0.15, 0.2) is 24.3 Å². The molecular weight excluding hydrogens is 265 g/mol. The number of halogens is 2. The SMILES string of the molecule is CCC1(C)OB(c2ccc(OC(F)F)cc2)OC1(C)C. The Hall–Kier alpha value is -1.14. The van der Waals surface area contributed by atoms with Crippen molar-refractivity contribution < 1.29 is 22.8 Å². The van der Waals surface area contributed by atoms with Crippen LogP contribution in [0.4, 0.5) is 8.78 Å². The Kier molecular flexibility index (Phi) is 4.07. The Morgan fingerprint density at radius 3 is 2.20 bits per heavy atom. The quantitative estimate of drug-likeness (QED) is 0.795. The smallest absolute Gasteiger partial charge is 0.435 e. The first-order valence-corrected chi connectivity index (χ1v) is 6.68. The molecule has 1 aliphatic rings. The molecule has 3 nitrogen and oxygen atoms in total. The van der Waals surface area contributed by atoms with Crippen LogP contribution in [0.1, 0.15) is 34.1 Å². The van der Waals surface area contributed by atoms with Crippen LogP contribution in [0, 0.1) is 0 Å². The van der Waals surface area contributed by atoms with E-state index in [1.165, 1.54) is 12.1 Å². The van der Waals surface area contributed by atoms with E-state index < -0.39 is 19.3 Å². The van der Waals surface area contributed by atoms with Gasteiger partial charge in [-0.3, -0.25) is 0 Å². The molecule has 2 rings (SSSR count). The maximum absolute atomic E-state index is 12.1. The molecule has 0 aliphatic carbocycles. The third-order valence-corrected chi connectivity index (χ3v) is 4.09. The molecule has 1 aliphatic heterocycles. The molecule has 1 fully saturated rings. The Balaban J connectivity index is 2.14. The molecule has 0 spiro atoms. The summed E-state index contributed by atoms with van der Waals surface area (Å²) in [6.45, 7) is 5.23. The predicted octanol–water partition coefficient (Wildman–Crippen LogP) is 2.98. The molecule has 0 amide bonds. The standard InChI is InChI=1S/C14H19BF2O3/c1-5-14(4)13(2,3)19-15(20-14)10-6-8-11(9-7-10)18-12(16)17/h6-9,12H,5H2,1-4H3. The fourth-order valence-electron chi connectivity index (χ4n) is 2.25. The molecule has 0 saturated carbocycles. The van der Waals surface area contributed by atoms with E-state index in [0.29, 0.717) is 0 Å². The van der Waals surface area contributed by atoms with Crippen molar-refractivity contribution in [1.82, 2.24) is 0 Å². The molecule has 1 aromatic rings. The minimum Gasteiger partial charge on any atom is -0.435 e. The molecule has 110 valence electrons. The molecule has 0 aromatic heterocycles. The lowest BCUT2D eigenvalue weighted by molar-refractivity contribution is -0.0498. The Morgan fingerprint density at radius 1 is 1.15 bits per heavy atom. The first kappa shape index (κ1) is 15.3. The summed E-state index contributed by atoms with van der Waals surface area (Å²) < 4.78 is 40.5. The van der Waals surface area contributed by atoms with Gasteiger partial charge >= 0.3 is 13.7 Å². The summed E-state index contributed by atoms with van der Waals surface area (Å²) in [6, 6.07) is 6.34. The molecule has 1 aromatic carbocycles. The van der Waals surface area contributed by atoms with E-state index in [2.05, 4.69) is 4.74 Å². The van der Waals surface area contributed by atoms with Crippen LogP contribution in [0.3, 0.4) is 0 Å². The topological polar surface area (TPSA) is 27.7 Å². The first-order chi connectivity index (χ1) is 9.27. The highest BCUT2D eigenvalue weighted by Crippen LogP contribution is 2.39. The number of hydrogen-bond acceptors (Lipinski definition) is 3. The minimum atomic E-state index is -2.82. The van der Waals surface area contributed by atoms with Gasteiger partial charge in [-0.05, 0) is 44.8 Å². The third kappa shape index (κ3) is 2.81. The molecule has 6 heteroatoms. The van der Waals surface area contributed by atoms with Crippen LogP contribution >= 0.6 is 0 Å². The third-order valence-electron chi connectivity index (χ3n) is 4.09. The van der Waals surface area contributed by atoms with E-state index in [1.807, 2.05) is 27.7 Å². The summed E-state index contributed by atoms with van der Waals surface area (Å²) in [6.07, 6.45) is 0.822. The predicted molar refractivity (Wildman–Crippen MR) is 73.4 cm³/mol. The molecule has 1 atom stereocenters. The average molecular weight is 284 g/mol. The highest BCUT2D eigenvalue weighted by atomic mass is 19.3. The fraction of sp³-hybridized carbons (Fsp3) is 0.571. The number of benzene rings is 1. The Bertz CT molecular complexity index is 464. The zero-order chi connectivity index (χ0) is 15.0. The molecule has 20 heavy (non-hydrogen) atoms. The fourth-order valence-corrected chi connectivity index (χ4v) is 2.25. The van der Waals surface area contributed by atoms with E-state index >= 15 is 0 Å². The molecule has 1 unspecified atom stereocenters. The number of hydrogen-bond donors (Lipinski definition) is 0. The summed E-state index contributed by atoms with van der Waals surface area (Å²) in [4.78, 5) is 0. The normalized spacial score (nSPS) is 25.2. The van der Waals surface area contributed by atoms with Gasteiger partial charge in [0.1, 0.15) is 5.75 Å². The van der Waals surface area contributed by atoms with Gasteiger partial charge in [-0.1, -0.05) is 19.1 Å². The van der Waals surface area contributed by atoms with Crippen molar-refractivity contribution in [3.63, 3.8) is 0 Å². The Morgan fingerprint density at radius 2 is 1.75 bits per heavy atom. The molecular formula is C14H19BF2O3. The van der Waals surface area contributed by atoms with Crippen LogP contribution in [-0.4, -0.2) is 24.9 Å². The summed E-state index contributed by atoms with van der Waals surface area (Å²) >= 11 is 0. The van der Waals surface area contributed by atoms with Crippen molar-refractivity contribution in [2.24, 2.45) is 0 Å². The van der Waals surface area contributed by atoms with Crippen LogP contribution in [0.2, 0.25) is 0 Å². The Labute approximate surface area is 118 Å². The second-order valence-corrected chi connectivity index (χ2v) is 5.61.